The van der Waals surface area contributed by atoms with Gasteiger partial charge in [-0.1, -0.05) is 0 Å². The largest absolute Gasteiger partial charge is 0.476 e. The lowest BCUT2D eigenvalue weighted by molar-refractivity contribution is 0.211. The van der Waals surface area contributed by atoms with Crippen LogP contribution in [0.25, 0.3) is 5.82 Å². The fourth-order valence-electron chi connectivity index (χ4n) is 2.20. The Balaban J connectivity index is 1.63. The van der Waals surface area contributed by atoms with Gasteiger partial charge in [0.15, 0.2) is 5.82 Å². The molecule has 6 nitrogen and oxygen atoms in total. The number of nitrogens with one attached hydrogen (secondary N) is 1. The summed E-state index contributed by atoms with van der Waals surface area (Å²) in [6.45, 7) is 2.83. The van der Waals surface area contributed by atoms with Crippen molar-refractivity contribution in [3.8, 4) is 11.7 Å². The summed E-state index contributed by atoms with van der Waals surface area (Å²) < 4.78 is 7.54. The molecular formula is C13H17N5O. The molecule has 1 fully saturated rings. The van der Waals surface area contributed by atoms with Gasteiger partial charge in [0, 0.05) is 24.9 Å². The first-order chi connectivity index (χ1) is 9.42. The molecule has 0 saturated carbocycles. The van der Waals surface area contributed by atoms with Crippen LogP contribution in [0, 0.1) is 5.92 Å². The third kappa shape index (κ3) is 3.08. The molecule has 2 aromatic rings. The fraction of sp³-hybridized carbons (Fsp3) is 0.462. The zero-order valence-electron chi connectivity index (χ0n) is 10.7. The minimum Gasteiger partial charge on any atom is -0.476 e. The second kappa shape index (κ2) is 5.79. The molecule has 1 aliphatic rings. The number of hydrogen-bond donors (Lipinski definition) is 1. The molecule has 6 heteroatoms. The molecule has 0 bridgehead atoms. The summed E-state index contributed by atoms with van der Waals surface area (Å²) in [7, 11) is 0. The third-order valence-electron chi connectivity index (χ3n) is 3.23. The van der Waals surface area contributed by atoms with Crippen molar-refractivity contribution in [3.63, 3.8) is 0 Å². The summed E-state index contributed by atoms with van der Waals surface area (Å²) in [5.74, 6) is 1.85. The lowest BCUT2D eigenvalue weighted by atomic mass is 10.0. The van der Waals surface area contributed by atoms with Gasteiger partial charge in [-0.15, -0.1) is 0 Å². The van der Waals surface area contributed by atoms with Gasteiger partial charge in [-0.25, -0.2) is 4.98 Å². The van der Waals surface area contributed by atoms with Crippen LogP contribution in [0.5, 0.6) is 5.88 Å². The Hall–Kier alpha value is -1.95. The summed E-state index contributed by atoms with van der Waals surface area (Å²) in [6, 6.07) is 0. The zero-order chi connectivity index (χ0) is 12.9. The Kier molecular flexibility index (Phi) is 3.69. The van der Waals surface area contributed by atoms with Crippen molar-refractivity contribution in [1.82, 2.24) is 24.8 Å². The third-order valence-corrected chi connectivity index (χ3v) is 3.23. The van der Waals surface area contributed by atoms with Crippen LogP contribution in [0.1, 0.15) is 12.8 Å². The molecule has 100 valence electrons. The first kappa shape index (κ1) is 12.1. The maximum Gasteiger partial charge on any atom is 0.234 e. The Morgan fingerprint density at radius 2 is 2.37 bits per heavy atom. The SMILES string of the molecule is c1cn(-c2cncc(OCC3CCCNC3)n2)cn1. The summed E-state index contributed by atoms with van der Waals surface area (Å²) in [5, 5.41) is 3.38. The molecule has 0 aliphatic carbocycles. The molecule has 3 rings (SSSR count). The standard InChI is InChI=1S/C13H17N5O/c1-2-11(6-14-3-1)9-19-13-8-16-7-12(17-13)18-5-4-15-10-18/h4-5,7-8,10-11,14H,1-3,6,9H2. The Labute approximate surface area is 111 Å². The van der Waals surface area contributed by atoms with Gasteiger partial charge < -0.3 is 10.1 Å². The molecule has 1 aliphatic heterocycles. The highest BCUT2D eigenvalue weighted by atomic mass is 16.5. The van der Waals surface area contributed by atoms with Crippen molar-refractivity contribution < 1.29 is 4.74 Å². The number of hydrogen-bond acceptors (Lipinski definition) is 5. The summed E-state index contributed by atoms with van der Waals surface area (Å²) in [6.07, 6.45) is 11.0. The summed E-state index contributed by atoms with van der Waals surface area (Å²) in [4.78, 5) is 12.6. The first-order valence-corrected chi connectivity index (χ1v) is 6.56. The molecule has 19 heavy (non-hydrogen) atoms. The van der Waals surface area contributed by atoms with E-state index in [2.05, 4.69) is 20.3 Å². The van der Waals surface area contributed by atoms with Gasteiger partial charge in [-0.05, 0) is 19.4 Å². The van der Waals surface area contributed by atoms with Crippen molar-refractivity contribution >= 4 is 0 Å². The van der Waals surface area contributed by atoms with Gasteiger partial charge >= 0.3 is 0 Å². The number of rotatable bonds is 4. The maximum atomic E-state index is 5.74. The predicted molar refractivity (Wildman–Crippen MR) is 70.2 cm³/mol. The van der Waals surface area contributed by atoms with E-state index in [1.807, 2.05) is 10.8 Å². The molecule has 3 heterocycles. The second-order valence-electron chi connectivity index (χ2n) is 4.71. The van der Waals surface area contributed by atoms with E-state index in [4.69, 9.17) is 4.74 Å². The Bertz CT molecular complexity index is 508. The van der Waals surface area contributed by atoms with Crippen molar-refractivity contribution in [3.05, 3.63) is 31.1 Å². The van der Waals surface area contributed by atoms with E-state index in [0.29, 0.717) is 18.4 Å². The molecule has 1 atom stereocenters. The number of nitrogens with zero attached hydrogens (tertiary/aromatic N) is 4. The molecule has 1 unspecified atom stereocenters. The highest BCUT2D eigenvalue weighted by Gasteiger charge is 2.14. The van der Waals surface area contributed by atoms with Gasteiger partial charge in [0.05, 0.1) is 19.0 Å². The van der Waals surface area contributed by atoms with Gasteiger partial charge in [0.1, 0.15) is 6.33 Å². The predicted octanol–water partition coefficient (Wildman–Crippen LogP) is 1.04. The van der Waals surface area contributed by atoms with E-state index in [1.165, 1.54) is 12.8 Å². The molecule has 0 spiro atoms. The summed E-state index contributed by atoms with van der Waals surface area (Å²) in [5.41, 5.74) is 0. The average Bonchev–Trinajstić information content (AvgIpc) is 3.01. The number of imidazole rings is 1. The normalized spacial score (nSPS) is 19.3. The average molecular weight is 259 g/mol. The molecule has 0 radical (unpaired) electrons. The summed E-state index contributed by atoms with van der Waals surface area (Å²) >= 11 is 0. The monoisotopic (exact) mass is 259 g/mol. The lowest BCUT2D eigenvalue weighted by Gasteiger charge is -2.22. The van der Waals surface area contributed by atoms with Crippen LogP contribution in [-0.4, -0.2) is 39.2 Å². The Morgan fingerprint density at radius 1 is 1.37 bits per heavy atom. The van der Waals surface area contributed by atoms with Crippen molar-refractivity contribution in [1.29, 1.82) is 0 Å². The van der Waals surface area contributed by atoms with E-state index >= 15 is 0 Å². The van der Waals surface area contributed by atoms with E-state index in [-0.39, 0.29) is 0 Å². The topological polar surface area (TPSA) is 64.9 Å². The van der Waals surface area contributed by atoms with Crippen LogP contribution in [0.4, 0.5) is 0 Å². The van der Waals surface area contributed by atoms with Crippen molar-refractivity contribution in [2.24, 2.45) is 5.92 Å². The molecule has 1 N–H and O–H groups in total. The number of ether oxygens (including phenoxy) is 1. The fourth-order valence-corrected chi connectivity index (χ4v) is 2.20. The van der Waals surface area contributed by atoms with Gasteiger partial charge in [0.2, 0.25) is 5.88 Å². The maximum absolute atomic E-state index is 5.74. The van der Waals surface area contributed by atoms with Crippen LogP contribution in [0.2, 0.25) is 0 Å². The molecule has 2 aromatic heterocycles. The molecule has 0 aromatic carbocycles. The Morgan fingerprint density at radius 3 is 3.16 bits per heavy atom. The van der Waals surface area contributed by atoms with Crippen LogP contribution < -0.4 is 10.1 Å². The van der Waals surface area contributed by atoms with E-state index < -0.39 is 0 Å². The van der Waals surface area contributed by atoms with Crippen molar-refractivity contribution in [2.45, 2.75) is 12.8 Å². The first-order valence-electron chi connectivity index (χ1n) is 6.56. The number of piperidine rings is 1. The van der Waals surface area contributed by atoms with Gasteiger partial charge in [-0.3, -0.25) is 9.55 Å². The van der Waals surface area contributed by atoms with E-state index in [1.54, 1.807) is 24.9 Å². The van der Waals surface area contributed by atoms with Gasteiger partial charge in [-0.2, -0.15) is 4.98 Å². The molecule has 0 amide bonds. The van der Waals surface area contributed by atoms with Crippen LogP contribution in [0.15, 0.2) is 31.1 Å². The van der Waals surface area contributed by atoms with E-state index in [9.17, 15) is 0 Å². The molecule has 1 saturated heterocycles. The lowest BCUT2D eigenvalue weighted by Crippen LogP contribution is -2.33. The second-order valence-corrected chi connectivity index (χ2v) is 4.71. The zero-order valence-corrected chi connectivity index (χ0v) is 10.7. The minimum absolute atomic E-state index is 0.562. The van der Waals surface area contributed by atoms with Crippen LogP contribution >= 0.6 is 0 Å². The quantitative estimate of drug-likeness (QED) is 0.888. The van der Waals surface area contributed by atoms with Gasteiger partial charge in [0.25, 0.3) is 0 Å². The van der Waals surface area contributed by atoms with Crippen molar-refractivity contribution in [2.75, 3.05) is 19.7 Å². The number of aromatic nitrogens is 4. The van der Waals surface area contributed by atoms with Crippen LogP contribution in [0.3, 0.4) is 0 Å². The van der Waals surface area contributed by atoms with Crippen LogP contribution in [-0.2, 0) is 0 Å². The minimum atomic E-state index is 0.562. The highest BCUT2D eigenvalue weighted by Crippen LogP contribution is 2.13. The smallest absolute Gasteiger partial charge is 0.234 e. The highest BCUT2D eigenvalue weighted by molar-refractivity contribution is 5.21. The van der Waals surface area contributed by atoms with E-state index in [0.717, 1.165) is 18.9 Å². The molecular weight excluding hydrogens is 242 g/mol.